The lowest BCUT2D eigenvalue weighted by Crippen LogP contribution is -2.34. The summed E-state index contributed by atoms with van der Waals surface area (Å²) in [7, 11) is 1.22. The van der Waals surface area contributed by atoms with E-state index in [0.29, 0.717) is 0 Å². The number of carbonyl (C=O) groups is 1. The Bertz CT molecular complexity index is 342. The molecule has 1 aromatic carbocycles. The zero-order valence-electron chi connectivity index (χ0n) is 10.1. The fraction of sp³-hybridized carbons (Fsp3) is 0.462. The SMILES string of the molecule is COC(=O)C(N)CO.c1ccc2c(c1)CCC2. The number of aryl methyl sites for hydroxylation is 2. The van der Waals surface area contributed by atoms with Gasteiger partial charge in [0.1, 0.15) is 6.04 Å². The Hall–Kier alpha value is -1.39. The van der Waals surface area contributed by atoms with E-state index in [4.69, 9.17) is 10.8 Å². The first kappa shape index (κ1) is 13.7. The number of esters is 1. The third-order valence-corrected chi connectivity index (χ3v) is 2.71. The second-order valence-corrected chi connectivity index (χ2v) is 3.93. The van der Waals surface area contributed by atoms with E-state index in [1.807, 2.05) is 0 Å². The number of methoxy groups -OCH3 is 1. The van der Waals surface area contributed by atoms with E-state index >= 15 is 0 Å². The van der Waals surface area contributed by atoms with Gasteiger partial charge in [0.05, 0.1) is 13.7 Å². The zero-order valence-corrected chi connectivity index (χ0v) is 10.1. The van der Waals surface area contributed by atoms with Crippen molar-refractivity contribution in [2.45, 2.75) is 25.3 Å². The molecule has 1 aliphatic rings. The van der Waals surface area contributed by atoms with Crippen molar-refractivity contribution in [2.24, 2.45) is 5.73 Å². The number of carbonyl (C=O) groups excluding carboxylic acids is 1. The molecule has 17 heavy (non-hydrogen) atoms. The summed E-state index contributed by atoms with van der Waals surface area (Å²) in [4.78, 5) is 10.2. The predicted molar refractivity (Wildman–Crippen MR) is 65.5 cm³/mol. The van der Waals surface area contributed by atoms with Gasteiger partial charge in [0.25, 0.3) is 0 Å². The molecule has 1 aliphatic carbocycles. The minimum Gasteiger partial charge on any atom is -0.468 e. The number of benzene rings is 1. The highest BCUT2D eigenvalue weighted by atomic mass is 16.5. The van der Waals surface area contributed by atoms with Gasteiger partial charge in [-0.2, -0.15) is 0 Å². The van der Waals surface area contributed by atoms with Gasteiger partial charge in [0, 0.05) is 0 Å². The Balaban J connectivity index is 0.000000172. The normalized spacial score (nSPS) is 14.3. The smallest absolute Gasteiger partial charge is 0.325 e. The lowest BCUT2D eigenvalue weighted by molar-refractivity contribution is -0.143. The number of ether oxygens (including phenoxy) is 1. The van der Waals surface area contributed by atoms with Gasteiger partial charge in [-0.15, -0.1) is 0 Å². The second kappa shape index (κ2) is 7.04. The van der Waals surface area contributed by atoms with Gasteiger partial charge in [0.15, 0.2) is 0 Å². The molecular weight excluding hydrogens is 218 g/mol. The maximum Gasteiger partial charge on any atom is 0.325 e. The Morgan fingerprint density at radius 3 is 2.29 bits per heavy atom. The van der Waals surface area contributed by atoms with Gasteiger partial charge in [-0.3, -0.25) is 4.79 Å². The van der Waals surface area contributed by atoms with Gasteiger partial charge in [0.2, 0.25) is 0 Å². The fourth-order valence-corrected chi connectivity index (χ4v) is 1.74. The number of nitrogens with two attached hydrogens (primary N) is 1. The molecule has 94 valence electrons. The van der Waals surface area contributed by atoms with Crippen molar-refractivity contribution in [3.63, 3.8) is 0 Å². The van der Waals surface area contributed by atoms with Crippen LogP contribution in [0.3, 0.4) is 0 Å². The van der Waals surface area contributed by atoms with Crippen LogP contribution in [0.1, 0.15) is 17.5 Å². The van der Waals surface area contributed by atoms with Crippen molar-refractivity contribution in [1.29, 1.82) is 0 Å². The van der Waals surface area contributed by atoms with Crippen molar-refractivity contribution in [2.75, 3.05) is 13.7 Å². The van der Waals surface area contributed by atoms with Gasteiger partial charge in [-0.05, 0) is 30.4 Å². The summed E-state index contributed by atoms with van der Waals surface area (Å²) in [6.45, 7) is -0.368. The molecule has 0 amide bonds. The molecule has 1 aromatic rings. The van der Waals surface area contributed by atoms with Crippen molar-refractivity contribution >= 4 is 5.97 Å². The summed E-state index contributed by atoms with van der Waals surface area (Å²) in [5, 5.41) is 8.21. The summed E-state index contributed by atoms with van der Waals surface area (Å²) in [6.07, 6.45) is 3.96. The molecular formula is C13H19NO3. The largest absolute Gasteiger partial charge is 0.468 e. The molecule has 1 unspecified atom stereocenters. The van der Waals surface area contributed by atoms with Crippen LogP contribution in [0.4, 0.5) is 0 Å². The van der Waals surface area contributed by atoms with Crippen LogP contribution in [0, 0.1) is 0 Å². The second-order valence-electron chi connectivity index (χ2n) is 3.93. The van der Waals surface area contributed by atoms with E-state index in [1.165, 1.54) is 26.4 Å². The van der Waals surface area contributed by atoms with Crippen LogP contribution in [0.2, 0.25) is 0 Å². The third-order valence-electron chi connectivity index (χ3n) is 2.71. The van der Waals surface area contributed by atoms with Crippen LogP contribution in [-0.2, 0) is 22.4 Å². The molecule has 0 saturated carbocycles. The first-order chi connectivity index (χ1) is 8.19. The summed E-state index contributed by atoms with van der Waals surface area (Å²) < 4.78 is 4.18. The molecule has 0 aliphatic heterocycles. The molecule has 4 heteroatoms. The average molecular weight is 237 g/mol. The maximum absolute atomic E-state index is 10.2. The lowest BCUT2D eigenvalue weighted by Gasteiger charge is -2.02. The number of hydrogen-bond donors (Lipinski definition) is 2. The van der Waals surface area contributed by atoms with Gasteiger partial charge < -0.3 is 15.6 Å². The summed E-state index contributed by atoms with van der Waals surface area (Å²) >= 11 is 0. The molecule has 0 radical (unpaired) electrons. The molecule has 3 N–H and O–H groups in total. The maximum atomic E-state index is 10.2. The summed E-state index contributed by atoms with van der Waals surface area (Å²) in [6, 6.07) is 7.85. The topological polar surface area (TPSA) is 72.5 Å². The summed E-state index contributed by atoms with van der Waals surface area (Å²) in [5.41, 5.74) is 8.14. The van der Waals surface area contributed by atoms with Gasteiger partial charge in [-0.1, -0.05) is 24.3 Å². The van der Waals surface area contributed by atoms with Crippen LogP contribution in [0.25, 0.3) is 0 Å². The number of hydrogen-bond acceptors (Lipinski definition) is 4. The molecule has 0 fully saturated rings. The Morgan fingerprint density at radius 1 is 1.41 bits per heavy atom. The highest BCUT2D eigenvalue weighted by Gasteiger charge is 2.10. The number of aliphatic hydroxyl groups is 1. The highest BCUT2D eigenvalue weighted by Crippen LogP contribution is 2.20. The van der Waals surface area contributed by atoms with Crippen molar-refractivity contribution in [3.8, 4) is 0 Å². The average Bonchev–Trinajstić information content (AvgIpc) is 2.85. The highest BCUT2D eigenvalue weighted by molar-refractivity contribution is 5.75. The van der Waals surface area contributed by atoms with Gasteiger partial charge >= 0.3 is 5.97 Å². The van der Waals surface area contributed by atoms with Crippen molar-refractivity contribution < 1.29 is 14.6 Å². The quantitative estimate of drug-likeness (QED) is 0.741. The number of fused-ring (bicyclic) bond motifs is 1. The van der Waals surface area contributed by atoms with Crippen LogP contribution in [0.15, 0.2) is 24.3 Å². The van der Waals surface area contributed by atoms with Crippen LogP contribution in [-0.4, -0.2) is 30.8 Å². The number of aliphatic hydroxyl groups excluding tert-OH is 1. The minimum atomic E-state index is -0.889. The molecule has 2 rings (SSSR count). The first-order valence-electron chi connectivity index (χ1n) is 5.70. The molecule has 0 aromatic heterocycles. The van der Waals surface area contributed by atoms with E-state index < -0.39 is 12.0 Å². The molecule has 0 saturated heterocycles. The Kier molecular flexibility index (Phi) is 5.66. The van der Waals surface area contributed by atoms with Crippen molar-refractivity contribution in [3.05, 3.63) is 35.4 Å². The van der Waals surface area contributed by atoms with Crippen molar-refractivity contribution in [1.82, 2.24) is 0 Å². The molecule has 0 spiro atoms. The van der Waals surface area contributed by atoms with E-state index in [1.54, 1.807) is 11.1 Å². The summed E-state index contributed by atoms with van der Waals surface area (Å²) in [5.74, 6) is -0.590. The van der Waals surface area contributed by atoms with E-state index in [0.717, 1.165) is 0 Å². The number of rotatable bonds is 2. The Morgan fingerprint density at radius 2 is 1.94 bits per heavy atom. The molecule has 0 bridgehead atoms. The molecule has 1 atom stereocenters. The fourth-order valence-electron chi connectivity index (χ4n) is 1.74. The van der Waals surface area contributed by atoms with Crippen LogP contribution < -0.4 is 5.73 Å². The van der Waals surface area contributed by atoms with E-state index in [-0.39, 0.29) is 6.61 Å². The molecule has 4 nitrogen and oxygen atoms in total. The van der Waals surface area contributed by atoms with E-state index in [2.05, 4.69) is 29.0 Å². The van der Waals surface area contributed by atoms with Crippen LogP contribution >= 0.6 is 0 Å². The minimum absolute atomic E-state index is 0.368. The standard InChI is InChI=1S/C9H10.C4H9NO3/c1-2-5-9-7-3-6-8(9)4-1;1-8-4(7)3(5)2-6/h1-2,4-5H,3,6-7H2;3,6H,2,5H2,1H3. The monoisotopic (exact) mass is 237 g/mol. The molecule has 0 heterocycles. The first-order valence-corrected chi connectivity index (χ1v) is 5.70. The predicted octanol–water partition coefficient (Wildman–Crippen LogP) is 0.654. The third kappa shape index (κ3) is 4.17. The van der Waals surface area contributed by atoms with Gasteiger partial charge in [-0.25, -0.2) is 0 Å². The zero-order chi connectivity index (χ0) is 12.7. The van der Waals surface area contributed by atoms with Crippen LogP contribution in [0.5, 0.6) is 0 Å². The Labute approximate surface area is 101 Å². The lowest BCUT2D eigenvalue weighted by atomic mass is 10.1. The van der Waals surface area contributed by atoms with E-state index in [9.17, 15) is 4.79 Å².